The third kappa shape index (κ3) is 5.75. The average molecular weight is 264 g/mol. The minimum atomic E-state index is -0.323. The lowest BCUT2D eigenvalue weighted by Crippen LogP contribution is -2.40. The predicted molar refractivity (Wildman–Crippen MR) is 77.9 cm³/mol. The lowest BCUT2D eigenvalue weighted by molar-refractivity contribution is -0.122. The van der Waals surface area contributed by atoms with Crippen LogP contribution in [0.2, 0.25) is 0 Å². The van der Waals surface area contributed by atoms with Crippen LogP contribution >= 0.6 is 0 Å². The van der Waals surface area contributed by atoms with Crippen LogP contribution in [-0.4, -0.2) is 24.7 Å². The van der Waals surface area contributed by atoms with E-state index in [2.05, 4.69) is 5.32 Å². The highest BCUT2D eigenvalue weighted by Gasteiger charge is 2.18. The zero-order valence-corrected chi connectivity index (χ0v) is 12.0. The quantitative estimate of drug-likeness (QED) is 0.742. The number of aryl methyl sites for hydroxylation is 1. The van der Waals surface area contributed by atoms with E-state index in [1.807, 2.05) is 45.0 Å². The van der Waals surface area contributed by atoms with Crippen LogP contribution in [0.3, 0.4) is 0 Å². The summed E-state index contributed by atoms with van der Waals surface area (Å²) in [6.45, 7) is 7.03. The molecule has 106 valence electrons. The molecule has 1 aromatic rings. The van der Waals surface area contributed by atoms with Crippen LogP contribution in [-0.2, 0) is 16.0 Å². The molecule has 19 heavy (non-hydrogen) atoms. The Bertz CT molecular complexity index is 416. The maximum Gasteiger partial charge on any atom is 0.220 e. The Morgan fingerprint density at radius 1 is 1.37 bits per heavy atom. The first kappa shape index (κ1) is 15.5. The smallest absolute Gasteiger partial charge is 0.220 e. The largest absolute Gasteiger partial charge is 0.399 e. The molecule has 0 radical (unpaired) electrons. The molecule has 0 aliphatic carbocycles. The molecule has 4 nitrogen and oxygen atoms in total. The van der Waals surface area contributed by atoms with Crippen LogP contribution in [0.1, 0.15) is 32.8 Å². The SMILES string of the molecule is CCOC(C)(C)CNC(=O)CCc1ccccc1N. The molecule has 0 heterocycles. The summed E-state index contributed by atoms with van der Waals surface area (Å²) in [5.74, 6) is 0.0241. The maximum atomic E-state index is 11.8. The Morgan fingerprint density at radius 2 is 2.05 bits per heavy atom. The second-order valence-corrected chi connectivity index (χ2v) is 5.17. The van der Waals surface area contributed by atoms with Crippen molar-refractivity contribution in [1.82, 2.24) is 5.32 Å². The molecule has 0 aromatic heterocycles. The zero-order chi connectivity index (χ0) is 14.3. The number of hydrogen-bond donors (Lipinski definition) is 2. The molecule has 0 bridgehead atoms. The molecule has 3 N–H and O–H groups in total. The van der Waals surface area contributed by atoms with Gasteiger partial charge < -0.3 is 15.8 Å². The number of nitrogens with one attached hydrogen (secondary N) is 1. The molecular weight excluding hydrogens is 240 g/mol. The fourth-order valence-corrected chi connectivity index (χ4v) is 1.85. The molecule has 4 heteroatoms. The average Bonchev–Trinajstić information content (AvgIpc) is 2.35. The van der Waals surface area contributed by atoms with Gasteiger partial charge in [-0.3, -0.25) is 4.79 Å². The zero-order valence-electron chi connectivity index (χ0n) is 12.0. The lowest BCUT2D eigenvalue weighted by Gasteiger charge is -2.24. The van der Waals surface area contributed by atoms with Crippen LogP contribution in [0.25, 0.3) is 0 Å². The number of ether oxygens (including phenoxy) is 1. The molecule has 0 saturated heterocycles. The number of anilines is 1. The van der Waals surface area contributed by atoms with E-state index in [-0.39, 0.29) is 11.5 Å². The monoisotopic (exact) mass is 264 g/mol. The first-order chi connectivity index (χ1) is 8.94. The first-order valence-electron chi connectivity index (χ1n) is 6.68. The van der Waals surface area contributed by atoms with Crippen molar-refractivity contribution in [1.29, 1.82) is 0 Å². The van der Waals surface area contributed by atoms with Crippen molar-refractivity contribution in [2.45, 2.75) is 39.2 Å². The maximum absolute atomic E-state index is 11.8. The van der Waals surface area contributed by atoms with Gasteiger partial charge in [-0.1, -0.05) is 18.2 Å². The Hall–Kier alpha value is -1.55. The third-order valence-corrected chi connectivity index (χ3v) is 2.92. The standard InChI is InChI=1S/C15H24N2O2/c1-4-19-15(2,3)11-17-14(18)10-9-12-7-5-6-8-13(12)16/h5-8H,4,9-11,16H2,1-3H3,(H,17,18). The molecule has 0 aliphatic rings. The minimum Gasteiger partial charge on any atom is -0.399 e. The first-order valence-corrected chi connectivity index (χ1v) is 6.68. The van der Waals surface area contributed by atoms with Crippen molar-refractivity contribution in [3.8, 4) is 0 Å². The van der Waals surface area contributed by atoms with Gasteiger partial charge in [0, 0.05) is 25.3 Å². The van der Waals surface area contributed by atoms with Crippen molar-refractivity contribution < 1.29 is 9.53 Å². The van der Waals surface area contributed by atoms with Crippen molar-refractivity contribution >= 4 is 11.6 Å². The fraction of sp³-hybridized carbons (Fsp3) is 0.533. The number of hydrogen-bond acceptors (Lipinski definition) is 3. The molecule has 0 saturated carbocycles. The summed E-state index contributed by atoms with van der Waals surface area (Å²) < 4.78 is 5.53. The number of benzene rings is 1. The van der Waals surface area contributed by atoms with Gasteiger partial charge in [0.1, 0.15) is 0 Å². The number of nitrogens with two attached hydrogens (primary N) is 1. The number of nitrogen functional groups attached to an aromatic ring is 1. The van der Waals surface area contributed by atoms with Crippen LogP contribution < -0.4 is 11.1 Å². The van der Waals surface area contributed by atoms with Crippen LogP contribution in [0, 0.1) is 0 Å². The van der Waals surface area contributed by atoms with Gasteiger partial charge in [-0.05, 0) is 38.8 Å². The highest BCUT2D eigenvalue weighted by Crippen LogP contribution is 2.12. The van der Waals surface area contributed by atoms with Gasteiger partial charge in [0.25, 0.3) is 0 Å². The predicted octanol–water partition coefficient (Wildman–Crippen LogP) is 2.13. The summed E-state index contributed by atoms with van der Waals surface area (Å²) >= 11 is 0. The summed E-state index contributed by atoms with van der Waals surface area (Å²) in [4.78, 5) is 11.8. The Kier molecular flexibility index (Phi) is 5.83. The third-order valence-electron chi connectivity index (χ3n) is 2.92. The van der Waals surface area contributed by atoms with Gasteiger partial charge in [-0.2, -0.15) is 0 Å². The number of carbonyl (C=O) groups excluding carboxylic acids is 1. The summed E-state index contributed by atoms with van der Waals surface area (Å²) in [6.07, 6.45) is 1.10. The van der Waals surface area contributed by atoms with E-state index in [9.17, 15) is 4.79 Å². The van der Waals surface area contributed by atoms with E-state index in [0.29, 0.717) is 26.0 Å². The molecule has 0 unspecified atom stereocenters. The van der Waals surface area contributed by atoms with Gasteiger partial charge in [0.2, 0.25) is 5.91 Å². The Morgan fingerprint density at radius 3 is 2.68 bits per heavy atom. The molecule has 1 amide bonds. The second-order valence-electron chi connectivity index (χ2n) is 5.17. The van der Waals surface area contributed by atoms with Crippen molar-refractivity contribution in [2.24, 2.45) is 0 Å². The van der Waals surface area contributed by atoms with Crippen LogP contribution in [0.4, 0.5) is 5.69 Å². The van der Waals surface area contributed by atoms with Crippen molar-refractivity contribution in [3.63, 3.8) is 0 Å². The summed E-state index contributed by atoms with van der Waals surface area (Å²) in [5, 5.41) is 2.89. The van der Waals surface area contributed by atoms with Gasteiger partial charge in [0.15, 0.2) is 0 Å². The molecule has 1 rings (SSSR count). The molecule has 0 spiro atoms. The summed E-state index contributed by atoms with van der Waals surface area (Å²) in [6, 6.07) is 7.63. The molecule has 1 aromatic carbocycles. The fourth-order valence-electron chi connectivity index (χ4n) is 1.85. The van der Waals surface area contributed by atoms with Crippen LogP contribution in [0.15, 0.2) is 24.3 Å². The topological polar surface area (TPSA) is 64.3 Å². The second kappa shape index (κ2) is 7.14. The van der Waals surface area contributed by atoms with E-state index in [0.717, 1.165) is 11.3 Å². The van der Waals surface area contributed by atoms with E-state index in [1.165, 1.54) is 0 Å². The van der Waals surface area contributed by atoms with Gasteiger partial charge in [-0.25, -0.2) is 0 Å². The molecular formula is C15H24N2O2. The van der Waals surface area contributed by atoms with Crippen molar-refractivity contribution in [3.05, 3.63) is 29.8 Å². The Balaban J connectivity index is 2.35. The number of rotatable bonds is 7. The van der Waals surface area contributed by atoms with Gasteiger partial charge >= 0.3 is 0 Å². The normalized spacial score (nSPS) is 11.3. The van der Waals surface area contributed by atoms with E-state index < -0.39 is 0 Å². The lowest BCUT2D eigenvalue weighted by atomic mass is 10.1. The highest BCUT2D eigenvalue weighted by atomic mass is 16.5. The minimum absolute atomic E-state index is 0.0241. The number of carbonyl (C=O) groups is 1. The van der Waals surface area contributed by atoms with E-state index in [1.54, 1.807) is 0 Å². The van der Waals surface area contributed by atoms with E-state index in [4.69, 9.17) is 10.5 Å². The van der Waals surface area contributed by atoms with Gasteiger partial charge in [0.05, 0.1) is 5.60 Å². The molecule has 0 aliphatic heterocycles. The molecule has 0 atom stereocenters. The van der Waals surface area contributed by atoms with Gasteiger partial charge in [-0.15, -0.1) is 0 Å². The number of amides is 1. The summed E-state index contributed by atoms with van der Waals surface area (Å²) in [5.41, 5.74) is 7.27. The molecule has 0 fully saturated rings. The van der Waals surface area contributed by atoms with Crippen molar-refractivity contribution in [2.75, 3.05) is 18.9 Å². The van der Waals surface area contributed by atoms with E-state index >= 15 is 0 Å². The number of para-hydroxylation sites is 1. The highest BCUT2D eigenvalue weighted by molar-refractivity contribution is 5.76. The summed E-state index contributed by atoms with van der Waals surface area (Å²) in [7, 11) is 0. The Labute approximate surface area is 115 Å². The van der Waals surface area contributed by atoms with Crippen LogP contribution in [0.5, 0.6) is 0 Å².